The highest BCUT2D eigenvalue weighted by molar-refractivity contribution is 6.17. The molecule has 1 aliphatic carbocycles. The first-order valence-electron chi connectivity index (χ1n) is 16.0. The number of nitrogens with zero attached hydrogens (tertiary/aromatic N) is 1. The monoisotopic (exact) mass is 542 g/mol. The molecule has 0 saturated heterocycles. The summed E-state index contributed by atoms with van der Waals surface area (Å²) in [4.78, 5) is 0. The van der Waals surface area contributed by atoms with Crippen LogP contribution in [0.1, 0.15) is 88.0 Å². The van der Waals surface area contributed by atoms with Crippen molar-refractivity contribution < 1.29 is 9.30 Å². The summed E-state index contributed by atoms with van der Waals surface area (Å²) in [5.74, 6) is 3.89. The van der Waals surface area contributed by atoms with Gasteiger partial charge in [0, 0.05) is 17.0 Å². The van der Waals surface area contributed by atoms with Crippen molar-refractivity contribution in [3.05, 3.63) is 77.0 Å². The quantitative estimate of drug-likeness (QED) is 0.156. The lowest BCUT2D eigenvalue weighted by molar-refractivity contribution is -0.659. The predicted molar refractivity (Wildman–Crippen MR) is 173 cm³/mol. The molecular weight excluding hydrogens is 498 g/mol. The van der Waals surface area contributed by atoms with E-state index < -0.39 is 0 Å². The Bertz CT molecular complexity index is 1820. The number of aromatic nitrogens is 1. The number of fused-ring (bicyclic) bond motifs is 5. The summed E-state index contributed by atoms with van der Waals surface area (Å²) in [7, 11) is 2.21. The third kappa shape index (κ3) is 4.33. The van der Waals surface area contributed by atoms with Gasteiger partial charge in [0.15, 0.2) is 6.20 Å². The summed E-state index contributed by atoms with van der Waals surface area (Å²) in [5, 5.41) is 8.09. The van der Waals surface area contributed by atoms with Crippen LogP contribution < -0.4 is 9.30 Å². The van der Waals surface area contributed by atoms with Gasteiger partial charge in [0.05, 0.1) is 10.9 Å². The Morgan fingerprint density at radius 3 is 2.37 bits per heavy atom. The van der Waals surface area contributed by atoms with E-state index in [9.17, 15) is 0 Å². The van der Waals surface area contributed by atoms with Gasteiger partial charge in [0.25, 0.3) is 0 Å². The molecule has 210 valence electrons. The summed E-state index contributed by atoms with van der Waals surface area (Å²) in [6.45, 7) is 11.6. The lowest BCUT2D eigenvalue weighted by Gasteiger charge is -2.28. The van der Waals surface area contributed by atoms with E-state index in [0.717, 1.165) is 24.3 Å². The highest BCUT2D eigenvalue weighted by Gasteiger charge is 2.34. The summed E-state index contributed by atoms with van der Waals surface area (Å²) < 4.78 is 9.45. The van der Waals surface area contributed by atoms with E-state index in [1.165, 1.54) is 97.9 Å². The Labute approximate surface area is 245 Å². The van der Waals surface area contributed by atoms with Gasteiger partial charge in [-0.1, -0.05) is 83.4 Å². The molecule has 0 spiro atoms. The maximum absolute atomic E-state index is 7.10. The smallest absolute Gasteiger partial charge is 0.228 e. The fourth-order valence-electron chi connectivity index (χ4n) is 7.93. The molecule has 5 aromatic rings. The van der Waals surface area contributed by atoms with Crippen molar-refractivity contribution in [2.24, 2.45) is 18.9 Å². The Kier molecular flexibility index (Phi) is 6.57. The molecule has 1 saturated carbocycles. The zero-order valence-corrected chi connectivity index (χ0v) is 25.7. The molecule has 1 fully saturated rings. The van der Waals surface area contributed by atoms with E-state index in [-0.39, 0.29) is 0 Å². The largest absolute Gasteiger partial charge is 0.455 e. The molecule has 7 rings (SSSR count). The average molecular weight is 543 g/mol. The molecule has 0 amide bonds. The Morgan fingerprint density at radius 2 is 1.61 bits per heavy atom. The van der Waals surface area contributed by atoms with Gasteiger partial charge in [-0.3, -0.25) is 0 Å². The fourth-order valence-corrected chi connectivity index (χ4v) is 7.93. The standard InChI is InChI=1S/C39H44NO/c1-23(2)19-26-15-16-30-32(21-26)25(5)35-38-37-31(17-18-40(38)6)36-28(13-10-14-29(36)27-11-8-7-9-12-27)22-34(37)41-39(35)33(30)20-24(3)4/h10,13-18,21-24,27H,7-9,11-12,19-20H2,1-6H3/q+1. The second kappa shape index (κ2) is 10.2. The number of hydrogen-bond donors (Lipinski definition) is 0. The fraction of sp³-hybridized carbons (Fsp3) is 0.410. The van der Waals surface area contributed by atoms with Gasteiger partial charge < -0.3 is 4.74 Å². The molecule has 1 aromatic heterocycles. The molecule has 0 atom stereocenters. The third-order valence-electron chi connectivity index (χ3n) is 9.69. The second-order valence-electron chi connectivity index (χ2n) is 13.7. The summed E-state index contributed by atoms with van der Waals surface area (Å²) >= 11 is 0. The maximum Gasteiger partial charge on any atom is 0.228 e. The van der Waals surface area contributed by atoms with Crippen molar-refractivity contribution in [2.45, 2.75) is 85.5 Å². The minimum Gasteiger partial charge on any atom is -0.455 e. The number of hydrogen-bond acceptors (Lipinski definition) is 1. The van der Waals surface area contributed by atoms with Gasteiger partial charge in [-0.25, -0.2) is 4.57 Å². The van der Waals surface area contributed by atoms with E-state index in [1.807, 2.05) is 0 Å². The van der Waals surface area contributed by atoms with Crippen LogP contribution in [0.15, 0.2) is 54.7 Å². The van der Waals surface area contributed by atoms with Crippen LogP contribution in [0.2, 0.25) is 0 Å². The van der Waals surface area contributed by atoms with E-state index in [2.05, 4.69) is 101 Å². The average Bonchev–Trinajstić information content (AvgIpc) is 2.96. The number of rotatable bonds is 5. The van der Waals surface area contributed by atoms with Crippen LogP contribution in [0.5, 0.6) is 11.5 Å². The normalized spacial score (nSPS) is 15.3. The van der Waals surface area contributed by atoms with Crippen LogP contribution >= 0.6 is 0 Å². The van der Waals surface area contributed by atoms with Crippen LogP contribution in [0, 0.1) is 18.8 Å². The van der Waals surface area contributed by atoms with Crippen molar-refractivity contribution in [1.29, 1.82) is 0 Å². The van der Waals surface area contributed by atoms with Gasteiger partial charge in [-0.15, -0.1) is 0 Å². The molecule has 0 radical (unpaired) electrons. The van der Waals surface area contributed by atoms with Crippen molar-refractivity contribution in [2.75, 3.05) is 0 Å². The molecule has 2 aliphatic rings. The first-order chi connectivity index (χ1) is 19.8. The molecule has 2 heteroatoms. The maximum atomic E-state index is 7.10. The molecule has 0 bridgehead atoms. The first kappa shape index (κ1) is 26.5. The van der Waals surface area contributed by atoms with E-state index in [4.69, 9.17) is 4.74 Å². The summed E-state index contributed by atoms with van der Waals surface area (Å²) in [6, 6.07) is 18.8. The van der Waals surface area contributed by atoms with E-state index in [1.54, 1.807) is 0 Å². The number of aryl methyl sites for hydroxylation is 2. The summed E-state index contributed by atoms with van der Waals surface area (Å²) in [6.07, 6.45) is 11.1. The van der Waals surface area contributed by atoms with E-state index >= 15 is 0 Å². The lowest BCUT2D eigenvalue weighted by Crippen LogP contribution is -2.32. The van der Waals surface area contributed by atoms with Gasteiger partial charge in [-0.2, -0.15) is 0 Å². The minimum absolute atomic E-state index is 0.532. The predicted octanol–water partition coefficient (Wildman–Crippen LogP) is 10.5. The van der Waals surface area contributed by atoms with Gasteiger partial charge in [-0.05, 0) is 94.7 Å². The highest BCUT2D eigenvalue weighted by atomic mass is 16.5. The van der Waals surface area contributed by atoms with Crippen LogP contribution in [0.25, 0.3) is 43.6 Å². The zero-order valence-electron chi connectivity index (χ0n) is 25.7. The van der Waals surface area contributed by atoms with E-state index in [0.29, 0.717) is 17.8 Å². The molecule has 4 aromatic carbocycles. The number of benzene rings is 4. The minimum atomic E-state index is 0.532. The lowest BCUT2D eigenvalue weighted by atomic mass is 9.80. The molecule has 41 heavy (non-hydrogen) atoms. The van der Waals surface area contributed by atoms with Crippen molar-refractivity contribution in [3.8, 4) is 22.8 Å². The molecular formula is C39H44NO+. The summed E-state index contributed by atoms with van der Waals surface area (Å²) in [5.41, 5.74) is 8.23. The molecule has 0 N–H and O–H groups in total. The van der Waals surface area contributed by atoms with Crippen molar-refractivity contribution >= 4 is 32.3 Å². The Morgan fingerprint density at radius 1 is 0.829 bits per heavy atom. The third-order valence-corrected chi connectivity index (χ3v) is 9.69. The highest BCUT2D eigenvalue weighted by Crippen LogP contribution is 2.53. The van der Waals surface area contributed by atoms with Crippen molar-refractivity contribution in [3.63, 3.8) is 0 Å². The Balaban J connectivity index is 1.57. The van der Waals surface area contributed by atoms with Crippen LogP contribution in [-0.4, -0.2) is 0 Å². The SMILES string of the molecule is Cc1c2c(c(CC(C)C)c3ccc(CC(C)C)cc13)Oc1cc3cccc(C4CCCCC4)c3c3cc[n+](C)c-2c13. The first-order valence-corrected chi connectivity index (χ1v) is 16.0. The van der Waals surface area contributed by atoms with Crippen LogP contribution in [-0.2, 0) is 19.9 Å². The van der Waals surface area contributed by atoms with Gasteiger partial charge in [0.2, 0.25) is 5.69 Å². The van der Waals surface area contributed by atoms with Crippen LogP contribution in [0.4, 0.5) is 0 Å². The topological polar surface area (TPSA) is 13.1 Å². The molecule has 0 unspecified atom stereocenters. The van der Waals surface area contributed by atoms with Gasteiger partial charge in [0.1, 0.15) is 18.5 Å². The number of pyridine rings is 1. The second-order valence-corrected chi connectivity index (χ2v) is 13.7. The van der Waals surface area contributed by atoms with Gasteiger partial charge >= 0.3 is 0 Å². The Hall–Kier alpha value is -3.39. The van der Waals surface area contributed by atoms with Crippen molar-refractivity contribution in [1.82, 2.24) is 0 Å². The van der Waals surface area contributed by atoms with Crippen LogP contribution in [0.3, 0.4) is 0 Å². The number of ether oxygens (including phenoxy) is 1. The zero-order chi connectivity index (χ0) is 28.4. The molecule has 2 nitrogen and oxygen atoms in total. The molecule has 1 aliphatic heterocycles. The molecule has 2 heterocycles.